The van der Waals surface area contributed by atoms with Crippen LogP contribution in [0.1, 0.15) is 84.0 Å². The van der Waals surface area contributed by atoms with Gasteiger partial charge in [0.2, 0.25) is 0 Å². The molecule has 20 heavy (non-hydrogen) atoms. The second-order valence-corrected chi connectivity index (χ2v) is 8.26. The highest BCUT2D eigenvalue weighted by atomic mass is 14.7. The molecule has 3 aliphatic rings. The first-order valence-electron chi connectivity index (χ1n) is 9.51. The third kappa shape index (κ3) is 3.40. The van der Waals surface area contributed by atoms with Gasteiger partial charge in [-0.25, -0.2) is 0 Å². The molecule has 0 heterocycles. The average Bonchev–Trinajstić information content (AvgIpc) is 3.08. The summed E-state index contributed by atoms with van der Waals surface area (Å²) in [4.78, 5) is 0. The molecule has 116 valence electrons. The summed E-state index contributed by atoms with van der Waals surface area (Å²) >= 11 is 0. The summed E-state index contributed by atoms with van der Waals surface area (Å²) in [6.45, 7) is 2.32. The van der Waals surface area contributed by atoms with Gasteiger partial charge in [0.15, 0.2) is 0 Å². The first kappa shape index (κ1) is 14.9. The van der Waals surface area contributed by atoms with Crippen molar-refractivity contribution in [3.63, 3.8) is 0 Å². The maximum atomic E-state index is 6.61. The smallest absolute Gasteiger partial charge is 0.00699 e. The van der Waals surface area contributed by atoms with Crippen molar-refractivity contribution in [1.82, 2.24) is 0 Å². The zero-order valence-electron chi connectivity index (χ0n) is 13.5. The van der Waals surface area contributed by atoms with E-state index < -0.39 is 0 Å². The monoisotopic (exact) mass is 277 g/mol. The van der Waals surface area contributed by atoms with Gasteiger partial charge in [0, 0.05) is 6.04 Å². The molecule has 0 aromatic heterocycles. The van der Waals surface area contributed by atoms with Crippen LogP contribution in [0.2, 0.25) is 0 Å². The number of nitrogens with two attached hydrogens (primary N) is 1. The lowest BCUT2D eigenvalue weighted by atomic mass is 9.74. The van der Waals surface area contributed by atoms with Crippen LogP contribution in [0.15, 0.2) is 0 Å². The molecule has 3 saturated carbocycles. The van der Waals surface area contributed by atoms with Crippen molar-refractivity contribution in [2.24, 2.45) is 35.3 Å². The van der Waals surface area contributed by atoms with Gasteiger partial charge >= 0.3 is 0 Å². The van der Waals surface area contributed by atoms with E-state index in [0.29, 0.717) is 6.04 Å². The summed E-state index contributed by atoms with van der Waals surface area (Å²) in [6, 6.07) is 0.520. The van der Waals surface area contributed by atoms with Crippen LogP contribution in [0.4, 0.5) is 0 Å². The van der Waals surface area contributed by atoms with Crippen molar-refractivity contribution >= 4 is 0 Å². The normalized spacial score (nSPS) is 42.0. The van der Waals surface area contributed by atoms with Crippen LogP contribution >= 0.6 is 0 Å². The van der Waals surface area contributed by atoms with Crippen molar-refractivity contribution in [2.75, 3.05) is 0 Å². The molecule has 1 heteroatoms. The number of hydrogen-bond acceptors (Lipinski definition) is 1. The van der Waals surface area contributed by atoms with Crippen molar-refractivity contribution in [1.29, 1.82) is 0 Å². The summed E-state index contributed by atoms with van der Waals surface area (Å²) in [5, 5.41) is 0. The molecule has 1 nitrogen and oxygen atoms in total. The fourth-order valence-corrected chi connectivity index (χ4v) is 5.61. The lowest BCUT2D eigenvalue weighted by Crippen LogP contribution is -2.35. The van der Waals surface area contributed by atoms with Gasteiger partial charge in [-0.1, -0.05) is 45.4 Å². The Morgan fingerprint density at radius 1 is 1.00 bits per heavy atom. The van der Waals surface area contributed by atoms with E-state index in [-0.39, 0.29) is 0 Å². The number of unbranched alkanes of at least 4 members (excludes halogenated alkanes) is 1. The topological polar surface area (TPSA) is 26.0 Å². The minimum atomic E-state index is 0.520. The molecule has 3 aliphatic carbocycles. The molecule has 2 N–H and O–H groups in total. The summed E-state index contributed by atoms with van der Waals surface area (Å²) in [5.74, 6) is 5.03. The Morgan fingerprint density at radius 2 is 1.80 bits per heavy atom. The summed E-state index contributed by atoms with van der Waals surface area (Å²) < 4.78 is 0. The molecule has 0 spiro atoms. The van der Waals surface area contributed by atoms with E-state index in [0.717, 1.165) is 29.6 Å². The van der Waals surface area contributed by atoms with Gasteiger partial charge in [0.1, 0.15) is 0 Å². The molecule has 4 unspecified atom stereocenters. The number of fused-ring (bicyclic) bond motifs is 2. The lowest BCUT2D eigenvalue weighted by molar-refractivity contribution is 0.197. The lowest BCUT2D eigenvalue weighted by Gasteiger charge is -2.34. The van der Waals surface area contributed by atoms with Gasteiger partial charge in [-0.15, -0.1) is 0 Å². The highest BCUT2D eigenvalue weighted by molar-refractivity contribution is 4.92. The predicted molar refractivity (Wildman–Crippen MR) is 86.5 cm³/mol. The van der Waals surface area contributed by atoms with E-state index in [1.165, 1.54) is 70.6 Å². The van der Waals surface area contributed by atoms with Crippen LogP contribution in [0.3, 0.4) is 0 Å². The Labute approximate surface area is 126 Å². The highest BCUT2D eigenvalue weighted by Crippen LogP contribution is 2.50. The largest absolute Gasteiger partial charge is 0.327 e. The fraction of sp³-hybridized carbons (Fsp3) is 1.00. The Balaban J connectivity index is 1.39. The second-order valence-electron chi connectivity index (χ2n) is 8.26. The molecule has 0 saturated heterocycles. The zero-order valence-corrected chi connectivity index (χ0v) is 13.5. The number of hydrogen-bond donors (Lipinski definition) is 1. The second kappa shape index (κ2) is 6.81. The van der Waals surface area contributed by atoms with Crippen LogP contribution < -0.4 is 5.73 Å². The Bertz CT molecular complexity index is 292. The SMILES string of the molecule is CCCCC1CCC(C(N)CC2CC3CCC2C3)CC1. The van der Waals surface area contributed by atoms with Crippen LogP contribution in [-0.2, 0) is 0 Å². The van der Waals surface area contributed by atoms with Gasteiger partial charge in [-0.3, -0.25) is 0 Å². The van der Waals surface area contributed by atoms with Crippen LogP contribution in [0.5, 0.6) is 0 Å². The first-order chi connectivity index (χ1) is 9.76. The average molecular weight is 277 g/mol. The molecule has 0 radical (unpaired) electrons. The molecular weight excluding hydrogens is 242 g/mol. The Morgan fingerprint density at radius 3 is 2.40 bits per heavy atom. The van der Waals surface area contributed by atoms with E-state index in [2.05, 4.69) is 6.92 Å². The quantitative estimate of drug-likeness (QED) is 0.715. The molecule has 2 bridgehead atoms. The van der Waals surface area contributed by atoms with E-state index in [1.54, 1.807) is 6.42 Å². The van der Waals surface area contributed by atoms with Gasteiger partial charge < -0.3 is 5.73 Å². The summed E-state index contributed by atoms with van der Waals surface area (Å²) in [7, 11) is 0. The van der Waals surface area contributed by atoms with Crippen molar-refractivity contribution in [3.8, 4) is 0 Å². The Hall–Kier alpha value is -0.0400. The molecule has 4 atom stereocenters. The molecule has 3 rings (SSSR count). The maximum Gasteiger partial charge on any atom is 0.00699 e. The zero-order chi connectivity index (χ0) is 13.9. The predicted octanol–water partition coefficient (Wildman–Crippen LogP) is 5.14. The van der Waals surface area contributed by atoms with Gasteiger partial charge in [0.05, 0.1) is 0 Å². The van der Waals surface area contributed by atoms with Crippen LogP contribution in [-0.4, -0.2) is 6.04 Å². The van der Waals surface area contributed by atoms with Crippen molar-refractivity contribution in [2.45, 2.75) is 90.0 Å². The third-order valence-corrected chi connectivity index (χ3v) is 6.92. The summed E-state index contributed by atoms with van der Waals surface area (Å²) in [6.07, 6.45) is 17.5. The van der Waals surface area contributed by atoms with E-state index >= 15 is 0 Å². The van der Waals surface area contributed by atoms with E-state index in [1.807, 2.05) is 0 Å². The van der Waals surface area contributed by atoms with Gasteiger partial charge in [-0.2, -0.15) is 0 Å². The van der Waals surface area contributed by atoms with Crippen LogP contribution in [0, 0.1) is 29.6 Å². The van der Waals surface area contributed by atoms with Crippen molar-refractivity contribution in [3.05, 3.63) is 0 Å². The summed E-state index contributed by atoms with van der Waals surface area (Å²) in [5.41, 5.74) is 6.61. The molecule has 0 amide bonds. The van der Waals surface area contributed by atoms with Crippen LogP contribution in [0.25, 0.3) is 0 Å². The minimum Gasteiger partial charge on any atom is -0.327 e. The van der Waals surface area contributed by atoms with Crippen molar-refractivity contribution < 1.29 is 0 Å². The van der Waals surface area contributed by atoms with E-state index in [4.69, 9.17) is 5.73 Å². The molecular formula is C19H35N. The highest BCUT2D eigenvalue weighted by Gasteiger charge is 2.40. The molecule has 3 fully saturated rings. The molecule has 0 aromatic carbocycles. The third-order valence-electron chi connectivity index (χ3n) is 6.92. The van der Waals surface area contributed by atoms with Gasteiger partial charge in [-0.05, 0) is 68.1 Å². The van der Waals surface area contributed by atoms with Gasteiger partial charge in [0.25, 0.3) is 0 Å². The molecule has 0 aromatic rings. The fourth-order valence-electron chi connectivity index (χ4n) is 5.61. The minimum absolute atomic E-state index is 0.520. The standard InChI is InChI=1S/C19H35N/c1-2-3-4-14-5-8-16(9-6-14)19(20)13-18-12-15-7-10-17(18)11-15/h14-19H,2-13,20H2,1H3. The van der Waals surface area contributed by atoms with E-state index in [9.17, 15) is 0 Å². The Kier molecular flexibility index (Phi) is 5.07. The maximum absolute atomic E-state index is 6.61. The number of rotatable bonds is 6. The molecule has 0 aliphatic heterocycles. The first-order valence-corrected chi connectivity index (χ1v) is 9.51.